The number of hydrogen-bond acceptors (Lipinski definition) is 5. The molecule has 0 unspecified atom stereocenters. The minimum atomic E-state index is -0.0198. The summed E-state index contributed by atoms with van der Waals surface area (Å²) < 4.78 is 5.25. The highest BCUT2D eigenvalue weighted by molar-refractivity contribution is 7.99. The molecular weight excluding hydrogens is 388 g/mol. The first-order chi connectivity index (χ1) is 13.6. The molecule has 3 aromatic rings. The normalized spacial score (nSPS) is 15.9. The van der Waals surface area contributed by atoms with Crippen molar-refractivity contribution in [1.82, 2.24) is 10.5 Å². The van der Waals surface area contributed by atoms with Gasteiger partial charge in [0.25, 0.3) is 5.91 Å². The Morgan fingerprint density at radius 1 is 1.21 bits per heavy atom. The van der Waals surface area contributed by atoms with E-state index in [1.54, 1.807) is 11.8 Å². The topological polar surface area (TPSA) is 55.1 Å². The fraction of sp³-hybridized carbons (Fsp3) is 0.273. The van der Waals surface area contributed by atoms with Crippen LogP contribution >= 0.6 is 23.5 Å². The minimum absolute atomic E-state index is 0.0198. The van der Waals surface area contributed by atoms with E-state index in [0.29, 0.717) is 0 Å². The highest BCUT2D eigenvalue weighted by Crippen LogP contribution is 2.36. The van der Waals surface area contributed by atoms with Gasteiger partial charge in [-0.2, -0.15) is 0 Å². The summed E-state index contributed by atoms with van der Waals surface area (Å²) in [6.45, 7) is 3.87. The molecule has 0 spiro atoms. The van der Waals surface area contributed by atoms with Crippen LogP contribution in [0, 0.1) is 13.8 Å². The van der Waals surface area contributed by atoms with Gasteiger partial charge in [-0.1, -0.05) is 35.5 Å². The summed E-state index contributed by atoms with van der Waals surface area (Å²) in [4.78, 5) is 15.3. The highest BCUT2D eigenvalue weighted by atomic mass is 32.2. The molecule has 2 aromatic carbocycles. The molecule has 144 valence electrons. The van der Waals surface area contributed by atoms with Gasteiger partial charge in [-0.15, -0.1) is 23.5 Å². The van der Waals surface area contributed by atoms with E-state index in [1.165, 1.54) is 10.5 Å². The van der Waals surface area contributed by atoms with Crippen LogP contribution in [0.15, 0.2) is 62.8 Å². The second-order valence-electron chi connectivity index (χ2n) is 6.79. The molecule has 4 rings (SSSR count). The number of hydrogen-bond donors (Lipinski definition) is 1. The third-order valence-electron chi connectivity index (χ3n) is 4.95. The van der Waals surface area contributed by atoms with Gasteiger partial charge in [0.15, 0.2) is 0 Å². The Kier molecular flexibility index (Phi) is 5.78. The van der Waals surface area contributed by atoms with E-state index in [0.717, 1.165) is 45.4 Å². The van der Waals surface area contributed by atoms with E-state index in [1.807, 2.05) is 55.9 Å². The number of rotatable bonds is 5. The second kappa shape index (κ2) is 8.45. The first-order valence-electron chi connectivity index (χ1n) is 9.29. The van der Waals surface area contributed by atoms with Crippen LogP contribution < -0.4 is 5.32 Å². The molecular formula is C22H22N2O2S2. The number of thioether (sulfide) groups is 2. The third kappa shape index (κ3) is 3.98. The molecule has 1 aromatic heterocycles. The maximum Gasteiger partial charge on any atom is 0.252 e. The molecule has 1 atom stereocenters. The lowest BCUT2D eigenvalue weighted by atomic mass is 10.0. The van der Waals surface area contributed by atoms with Gasteiger partial charge in [-0.3, -0.25) is 4.79 Å². The number of fused-ring (bicyclic) bond motifs is 1. The van der Waals surface area contributed by atoms with E-state index >= 15 is 0 Å². The van der Waals surface area contributed by atoms with Crippen LogP contribution in [-0.4, -0.2) is 16.8 Å². The maximum absolute atomic E-state index is 13.1. The lowest BCUT2D eigenvalue weighted by Crippen LogP contribution is -2.31. The van der Waals surface area contributed by atoms with E-state index in [9.17, 15) is 4.79 Å². The van der Waals surface area contributed by atoms with Gasteiger partial charge in [0, 0.05) is 26.9 Å². The van der Waals surface area contributed by atoms with Crippen molar-refractivity contribution in [2.75, 3.05) is 5.75 Å². The lowest BCUT2D eigenvalue weighted by molar-refractivity contribution is 0.0932. The fourth-order valence-corrected chi connectivity index (χ4v) is 5.69. The molecule has 4 nitrogen and oxygen atoms in total. The van der Waals surface area contributed by atoms with E-state index in [-0.39, 0.29) is 11.9 Å². The number of aryl methyl sites for hydroxylation is 2. The average molecular weight is 411 g/mol. The van der Waals surface area contributed by atoms with Crippen LogP contribution in [0.25, 0.3) is 0 Å². The largest absolute Gasteiger partial charge is 0.361 e. The molecule has 0 aliphatic carbocycles. The predicted molar refractivity (Wildman–Crippen MR) is 114 cm³/mol. The fourth-order valence-electron chi connectivity index (χ4n) is 3.37. The molecule has 1 N–H and O–H groups in total. The first kappa shape index (κ1) is 19.2. The minimum Gasteiger partial charge on any atom is -0.361 e. The zero-order chi connectivity index (χ0) is 19.5. The number of benzene rings is 2. The summed E-state index contributed by atoms with van der Waals surface area (Å²) >= 11 is 3.50. The van der Waals surface area contributed by atoms with Crippen molar-refractivity contribution >= 4 is 29.4 Å². The summed E-state index contributed by atoms with van der Waals surface area (Å²) in [6, 6.07) is 16.2. The summed E-state index contributed by atoms with van der Waals surface area (Å²) in [6.07, 6.45) is 0.946. The summed E-state index contributed by atoms with van der Waals surface area (Å²) in [5.74, 6) is 2.57. The molecule has 0 saturated heterocycles. The highest BCUT2D eigenvalue weighted by Gasteiger charge is 2.23. The Bertz CT molecular complexity index is 980. The quantitative estimate of drug-likeness (QED) is 0.559. The van der Waals surface area contributed by atoms with Crippen LogP contribution in [-0.2, 0) is 5.75 Å². The van der Waals surface area contributed by atoms with Crippen LogP contribution in [0.2, 0.25) is 0 Å². The molecule has 0 radical (unpaired) electrons. The number of amides is 1. The van der Waals surface area contributed by atoms with Crippen molar-refractivity contribution in [3.05, 3.63) is 76.7 Å². The Labute approximate surface area is 173 Å². The van der Waals surface area contributed by atoms with Gasteiger partial charge in [-0.25, -0.2) is 0 Å². The van der Waals surface area contributed by atoms with Crippen molar-refractivity contribution in [2.45, 2.75) is 41.9 Å². The molecule has 1 aliphatic heterocycles. The molecule has 0 bridgehead atoms. The van der Waals surface area contributed by atoms with E-state index in [2.05, 4.69) is 28.7 Å². The van der Waals surface area contributed by atoms with Gasteiger partial charge in [0.2, 0.25) is 0 Å². The van der Waals surface area contributed by atoms with Crippen molar-refractivity contribution < 1.29 is 9.32 Å². The standard InChI is InChI=1S/C22H22N2O2S2/c1-14-18(15(2)26-24-14)13-28-21-10-6-4-8-17(21)22(25)23-19-11-12-27-20-9-5-3-7-16(19)20/h3-10,19H,11-13H2,1-2H3,(H,23,25)/t19-/m1/s1. The van der Waals surface area contributed by atoms with Crippen molar-refractivity contribution in [1.29, 1.82) is 0 Å². The maximum atomic E-state index is 13.1. The van der Waals surface area contributed by atoms with Crippen LogP contribution in [0.5, 0.6) is 0 Å². The summed E-state index contributed by atoms with van der Waals surface area (Å²) in [5.41, 5.74) is 3.93. The number of carbonyl (C=O) groups excluding carboxylic acids is 1. The molecule has 0 saturated carbocycles. The third-order valence-corrected chi connectivity index (χ3v) is 7.17. The summed E-state index contributed by atoms with van der Waals surface area (Å²) in [7, 11) is 0. The van der Waals surface area contributed by atoms with Gasteiger partial charge in [-0.05, 0) is 44.0 Å². The van der Waals surface area contributed by atoms with E-state index in [4.69, 9.17) is 4.52 Å². The van der Waals surface area contributed by atoms with Crippen LogP contribution in [0.3, 0.4) is 0 Å². The predicted octanol–water partition coefficient (Wildman–Crippen LogP) is 5.55. The van der Waals surface area contributed by atoms with Crippen molar-refractivity contribution in [2.24, 2.45) is 0 Å². The molecule has 1 amide bonds. The van der Waals surface area contributed by atoms with Crippen molar-refractivity contribution in [3.63, 3.8) is 0 Å². The second-order valence-corrected chi connectivity index (χ2v) is 8.94. The van der Waals surface area contributed by atoms with E-state index < -0.39 is 0 Å². The average Bonchev–Trinajstić information content (AvgIpc) is 3.04. The smallest absolute Gasteiger partial charge is 0.252 e. The molecule has 2 heterocycles. The van der Waals surface area contributed by atoms with Crippen LogP contribution in [0.1, 0.15) is 45.4 Å². The number of nitrogens with zero attached hydrogens (tertiary/aromatic N) is 1. The molecule has 1 aliphatic rings. The van der Waals surface area contributed by atoms with Gasteiger partial charge < -0.3 is 9.84 Å². The van der Waals surface area contributed by atoms with Gasteiger partial charge in [0.1, 0.15) is 5.76 Å². The van der Waals surface area contributed by atoms with Gasteiger partial charge in [0.05, 0.1) is 17.3 Å². The molecule has 0 fully saturated rings. The van der Waals surface area contributed by atoms with Gasteiger partial charge >= 0.3 is 0 Å². The number of aromatic nitrogens is 1. The first-order valence-corrected chi connectivity index (χ1v) is 11.3. The molecule has 28 heavy (non-hydrogen) atoms. The lowest BCUT2D eigenvalue weighted by Gasteiger charge is -2.26. The Hall–Kier alpha value is -2.18. The monoisotopic (exact) mass is 410 g/mol. The van der Waals surface area contributed by atoms with Crippen molar-refractivity contribution in [3.8, 4) is 0 Å². The zero-order valence-corrected chi connectivity index (χ0v) is 17.5. The Balaban J connectivity index is 1.51. The zero-order valence-electron chi connectivity index (χ0n) is 15.9. The Morgan fingerprint density at radius 3 is 2.82 bits per heavy atom. The van der Waals surface area contributed by atoms with Crippen LogP contribution in [0.4, 0.5) is 0 Å². The SMILES string of the molecule is Cc1noc(C)c1CSc1ccccc1C(=O)N[C@@H]1CCSc2ccccc21. The molecule has 6 heteroatoms. The number of carbonyl (C=O) groups is 1. The number of nitrogens with one attached hydrogen (secondary N) is 1. The Morgan fingerprint density at radius 2 is 2.00 bits per heavy atom. The summed E-state index contributed by atoms with van der Waals surface area (Å²) in [5, 5.41) is 7.27.